The third-order valence-electron chi connectivity index (χ3n) is 9.61. The molecule has 0 unspecified atom stereocenters. The number of ether oxygens (including phenoxy) is 1. The van der Waals surface area contributed by atoms with E-state index < -0.39 is 35.1 Å². The van der Waals surface area contributed by atoms with Gasteiger partial charge in [0.1, 0.15) is 24.4 Å². The summed E-state index contributed by atoms with van der Waals surface area (Å²) in [6, 6.07) is 9.64. The van der Waals surface area contributed by atoms with Crippen LogP contribution < -0.4 is 0 Å². The molecule has 0 saturated heterocycles. The summed E-state index contributed by atoms with van der Waals surface area (Å²) >= 11 is 0. The molecule has 0 aliphatic heterocycles. The standard InChI is InChI=1S/C29H36O6/c1-16-14-28-17(2)12-21-23(27(21,3)4)20(26(28)33)13-19(25(32)29(28,34)24(16)31)15-35-22(30)11-10-18-8-6-5-7-9-18/h5-9,13-14,17,20-21,23-25,31-32,34H,10-12,15H2,1-4H3/t17-,20+,21-,23+,24+,25-,28+,29-/m1/s1. The molecule has 2 bridgehead atoms. The quantitative estimate of drug-likeness (QED) is 0.442. The maximum absolute atomic E-state index is 14.2. The second-order valence-electron chi connectivity index (χ2n) is 11.8. The first-order valence-electron chi connectivity index (χ1n) is 12.7. The number of aliphatic hydroxyl groups excluding tert-OH is 2. The van der Waals surface area contributed by atoms with Crippen LogP contribution in [0.2, 0.25) is 0 Å². The average molecular weight is 481 g/mol. The highest BCUT2D eigenvalue weighted by Gasteiger charge is 2.75. The SMILES string of the molecule is CC1=C[C@]23C(=O)[C@@H](C=C(COC(=O)CCc4ccccc4)[C@@H](O)[C@]2(O)[C@H]1O)[C@H]1[C@@H](C[C@H]3C)C1(C)C. The van der Waals surface area contributed by atoms with Gasteiger partial charge in [-0.3, -0.25) is 9.59 Å². The number of Topliss-reactive ketones (excluding diaryl/α,β-unsaturated/α-hetero) is 1. The predicted molar refractivity (Wildman–Crippen MR) is 130 cm³/mol. The molecule has 0 heterocycles. The second kappa shape index (κ2) is 8.12. The number of hydrogen-bond acceptors (Lipinski definition) is 6. The van der Waals surface area contributed by atoms with Crippen LogP contribution in [0.1, 0.15) is 46.1 Å². The summed E-state index contributed by atoms with van der Waals surface area (Å²) in [5, 5.41) is 34.7. The number of aryl methyl sites for hydroxylation is 1. The van der Waals surface area contributed by atoms with Gasteiger partial charge in [-0.2, -0.15) is 0 Å². The zero-order valence-electron chi connectivity index (χ0n) is 20.9. The molecule has 8 atom stereocenters. The topological polar surface area (TPSA) is 104 Å². The number of fused-ring (bicyclic) bond motifs is 3. The minimum atomic E-state index is -2.11. The molecule has 188 valence electrons. The minimum absolute atomic E-state index is 0.0342. The molecule has 2 fully saturated rings. The number of esters is 1. The monoisotopic (exact) mass is 480 g/mol. The smallest absolute Gasteiger partial charge is 0.306 e. The molecule has 1 spiro atoms. The van der Waals surface area contributed by atoms with E-state index in [0.717, 1.165) is 12.0 Å². The van der Waals surface area contributed by atoms with Gasteiger partial charge in [-0.1, -0.05) is 63.3 Å². The average Bonchev–Trinajstić information content (AvgIpc) is 3.33. The zero-order valence-corrected chi connectivity index (χ0v) is 20.9. The fourth-order valence-electron chi connectivity index (χ4n) is 7.54. The van der Waals surface area contributed by atoms with Crippen LogP contribution in [-0.4, -0.2) is 51.5 Å². The van der Waals surface area contributed by atoms with Crippen LogP contribution in [-0.2, 0) is 20.7 Å². The first-order chi connectivity index (χ1) is 16.5. The van der Waals surface area contributed by atoms with Crippen LogP contribution in [0.5, 0.6) is 0 Å². The third-order valence-corrected chi connectivity index (χ3v) is 9.61. The van der Waals surface area contributed by atoms with Gasteiger partial charge in [0.2, 0.25) is 0 Å². The van der Waals surface area contributed by atoms with E-state index in [1.54, 1.807) is 19.1 Å². The Bertz CT molecular complexity index is 1100. The number of carbonyl (C=O) groups excluding carboxylic acids is 2. The Morgan fingerprint density at radius 2 is 1.83 bits per heavy atom. The molecule has 0 aromatic heterocycles. The molecule has 6 heteroatoms. The molecule has 4 aliphatic rings. The Labute approximate surface area is 206 Å². The van der Waals surface area contributed by atoms with Gasteiger partial charge in [-0.05, 0) is 59.6 Å². The van der Waals surface area contributed by atoms with Crippen molar-refractivity contribution in [2.24, 2.45) is 34.5 Å². The number of allylic oxidation sites excluding steroid dienone is 1. The van der Waals surface area contributed by atoms with Crippen LogP contribution in [0.25, 0.3) is 0 Å². The van der Waals surface area contributed by atoms with Crippen LogP contribution in [0, 0.1) is 34.5 Å². The molecule has 1 aromatic carbocycles. The number of carbonyl (C=O) groups is 2. The Balaban J connectivity index is 1.45. The largest absolute Gasteiger partial charge is 0.461 e. The van der Waals surface area contributed by atoms with Crippen LogP contribution in [0.4, 0.5) is 0 Å². The highest BCUT2D eigenvalue weighted by atomic mass is 16.5. The van der Waals surface area contributed by atoms with E-state index >= 15 is 0 Å². The number of hydrogen-bond donors (Lipinski definition) is 3. The molecule has 0 radical (unpaired) electrons. The van der Waals surface area contributed by atoms with E-state index in [0.29, 0.717) is 23.5 Å². The maximum atomic E-state index is 14.2. The highest BCUT2D eigenvalue weighted by molar-refractivity contribution is 5.95. The van der Waals surface area contributed by atoms with E-state index in [9.17, 15) is 24.9 Å². The van der Waals surface area contributed by atoms with Gasteiger partial charge in [0.05, 0.1) is 5.41 Å². The van der Waals surface area contributed by atoms with Gasteiger partial charge < -0.3 is 20.1 Å². The van der Waals surface area contributed by atoms with Gasteiger partial charge in [0.25, 0.3) is 0 Å². The van der Waals surface area contributed by atoms with Crippen molar-refractivity contribution in [3.8, 4) is 0 Å². The van der Waals surface area contributed by atoms with Crippen molar-refractivity contribution < 1.29 is 29.6 Å². The van der Waals surface area contributed by atoms with E-state index in [-0.39, 0.29) is 36.1 Å². The van der Waals surface area contributed by atoms with Crippen molar-refractivity contribution in [1.29, 1.82) is 0 Å². The number of aliphatic hydroxyl groups is 3. The normalized spacial score (nSPS) is 41.1. The summed E-state index contributed by atoms with van der Waals surface area (Å²) in [6.07, 6.45) is 1.97. The summed E-state index contributed by atoms with van der Waals surface area (Å²) < 4.78 is 5.54. The fraction of sp³-hybridized carbons (Fsp3) is 0.586. The molecule has 2 saturated carbocycles. The Hall–Kier alpha value is -2.28. The lowest BCUT2D eigenvalue weighted by molar-refractivity contribution is -0.190. The zero-order chi connectivity index (χ0) is 25.3. The number of benzene rings is 1. The molecule has 4 aliphatic carbocycles. The van der Waals surface area contributed by atoms with E-state index in [2.05, 4.69) is 13.8 Å². The Morgan fingerprint density at radius 3 is 2.51 bits per heavy atom. The van der Waals surface area contributed by atoms with Gasteiger partial charge in [-0.15, -0.1) is 0 Å². The highest BCUT2D eigenvalue weighted by Crippen LogP contribution is 2.71. The van der Waals surface area contributed by atoms with Gasteiger partial charge in [-0.25, -0.2) is 0 Å². The van der Waals surface area contributed by atoms with Crippen molar-refractivity contribution in [3.63, 3.8) is 0 Å². The molecule has 1 aromatic rings. The second-order valence-corrected chi connectivity index (χ2v) is 11.8. The molecule has 6 nitrogen and oxygen atoms in total. The van der Waals surface area contributed by atoms with Crippen molar-refractivity contribution in [3.05, 3.63) is 59.2 Å². The van der Waals surface area contributed by atoms with Gasteiger partial charge in [0, 0.05) is 12.3 Å². The summed E-state index contributed by atoms with van der Waals surface area (Å²) in [5.41, 5.74) is -1.73. The lowest BCUT2D eigenvalue weighted by Crippen LogP contribution is -2.65. The fourth-order valence-corrected chi connectivity index (χ4v) is 7.54. The molecular weight excluding hydrogens is 444 g/mol. The van der Waals surface area contributed by atoms with Crippen molar-refractivity contribution in [2.45, 2.75) is 64.8 Å². The van der Waals surface area contributed by atoms with Gasteiger partial charge in [0.15, 0.2) is 5.78 Å². The maximum Gasteiger partial charge on any atom is 0.306 e. The lowest BCUT2D eigenvalue weighted by atomic mass is 9.59. The summed E-state index contributed by atoms with van der Waals surface area (Å²) in [7, 11) is 0. The summed E-state index contributed by atoms with van der Waals surface area (Å²) in [4.78, 5) is 26.7. The minimum Gasteiger partial charge on any atom is -0.461 e. The van der Waals surface area contributed by atoms with Crippen LogP contribution in [0.15, 0.2) is 53.6 Å². The van der Waals surface area contributed by atoms with Gasteiger partial charge >= 0.3 is 5.97 Å². The first-order valence-corrected chi connectivity index (χ1v) is 12.7. The van der Waals surface area contributed by atoms with Crippen LogP contribution >= 0.6 is 0 Å². The molecule has 3 N–H and O–H groups in total. The molecule has 5 rings (SSSR count). The summed E-state index contributed by atoms with van der Waals surface area (Å²) in [5.74, 6) is -0.952. The number of rotatable bonds is 5. The third kappa shape index (κ3) is 3.33. The van der Waals surface area contributed by atoms with E-state index in [1.165, 1.54) is 0 Å². The summed E-state index contributed by atoms with van der Waals surface area (Å²) in [6.45, 7) is 7.73. The Kier molecular flexibility index (Phi) is 5.66. The van der Waals surface area contributed by atoms with Crippen molar-refractivity contribution in [1.82, 2.24) is 0 Å². The van der Waals surface area contributed by atoms with E-state index in [4.69, 9.17) is 4.74 Å². The van der Waals surface area contributed by atoms with Crippen LogP contribution in [0.3, 0.4) is 0 Å². The molecular formula is C29H36O6. The van der Waals surface area contributed by atoms with Crippen molar-refractivity contribution in [2.75, 3.05) is 6.61 Å². The molecule has 35 heavy (non-hydrogen) atoms. The molecule has 0 amide bonds. The lowest BCUT2D eigenvalue weighted by Gasteiger charge is -2.48. The first kappa shape index (κ1) is 24.4. The predicted octanol–water partition coefficient (Wildman–Crippen LogP) is 3.00. The van der Waals surface area contributed by atoms with E-state index in [1.807, 2.05) is 37.3 Å². The van der Waals surface area contributed by atoms with Crippen molar-refractivity contribution >= 4 is 11.8 Å². The Morgan fingerprint density at radius 1 is 1.14 bits per heavy atom. The number of ketones is 1.